The van der Waals surface area contributed by atoms with Gasteiger partial charge >= 0.3 is 0 Å². The van der Waals surface area contributed by atoms with E-state index in [1.165, 1.54) is 57.8 Å². The highest BCUT2D eigenvalue weighted by atomic mass is 35.5. The second kappa shape index (κ2) is 10.9. The number of unbranched alkanes of at least 4 members (excludes halogenated alkanes) is 8. The van der Waals surface area contributed by atoms with Crippen molar-refractivity contribution < 1.29 is 0 Å². The maximum atomic E-state index is 6.31. The second-order valence-corrected chi connectivity index (χ2v) is 7.70. The fourth-order valence-corrected chi connectivity index (χ4v) is 3.69. The lowest BCUT2D eigenvalue weighted by Crippen LogP contribution is -1.89. The summed E-state index contributed by atoms with van der Waals surface area (Å²) in [6.45, 7) is 4.32. The Morgan fingerprint density at radius 2 is 1.56 bits per heavy atom. The Bertz CT molecular complexity index is 649. The lowest BCUT2D eigenvalue weighted by atomic mass is 10.1. The molecule has 0 saturated heterocycles. The van der Waals surface area contributed by atoms with Crippen molar-refractivity contribution in [3.63, 3.8) is 0 Å². The molecule has 2 rings (SSSR count). The van der Waals surface area contributed by atoms with Crippen LogP contribution in [0.2, 0.25) is 10.0 Å². The molecule has 0 aliphatic rings. The van der Waals surface area contributed by atoms with Crippen molar-refractivity contribution in [1.29, 1.82) is 0 Å². The zero-order valence-corrected chi connectivity index (χ0v) is 17.0. The summed E-state index contributed by atoms with van der Waals surface area (Å²) in [5.41, 5.74) is 2.95. The lowest BCUT2D eigenvalue weighted by Gasteiger charge is -2.02. The highest BCUT2D eigenvalue weighted by Gasteiger charge is 2.12. The average Bonchev–Trinajstić information content (AvgIpc) is 2.94. The molecule has 0 spiro atoms. The fraction of sp³-hybridized carbons (Fsp3) is 0.571. The predicted octanol–water partition coefficient (Wildman–Crippen LogP) is 7.77. The molecule has 2 aromatic rings. The van der Waals surface area contributed by atoms with Gasteiger partial charge in [-0.25, -0.2) is 4.98 Å². The molecule has 1 heterocycles. The third-order valence-corrected chi connectivity index (χ3v) is 5.18. The number of imidazole rings is 1. The van der Waals surface area contributed by atoms with Crippen LogP contribution >= 0.6 is 23.2 Å². The number of aromatic nitrogens is 2. The van der Waals surface area contributed by atoms with Crippen LogP contribution in [0.3, 0.4) is 0 Å². The second-order valence-electron chi connectivity index (χ2n) is 6.86. The van der Waals surface area contributed by atoms with Crippen LogP contribution in [0.15, 0.2) is 18.2 Å². The zero-order chi connectivity index (χ0) is 18.1. The number of aromatic amines is 1. The van der Waals surface area contributed by atoms with Crippen molar-refractivity contribution in [2.75, 3.05) is 0 Å². The maximum absolute atomic E-state index is 6.31. The Morgan fingerprint density at radius 1 is 0.920 bits per heavy atom. The molecule has 0 aliphatic heterocycles. The first-order chi connectivity index (χ1) is 12.1. The van der Waals surface area contributed by atoms with Crippen LogP contribution in [0.5, 0.6) is 0 Å². The van der Waals surface area contributed by atoms with E-state index < -0.39 is 0 Å². The molecule has 138 valence electrons. The molecule has 0 atom stereocenters. The van der Waals surface area contributed by atoms with Crippen LogP contribution in [-0.2, 0) is 6.42 Å². The van der Waals surface area contributed by atoms with Crippen molar-refractivity contribution in [3.05, 3.63) is 39.8 Å². The molecule has 2 nitrogen and oxygen atoms in total. The first kappa shape index (κ1) is 20.3. The van der Waals surface area contributed by atoms with Crippen LogP contribution in [0.1, 0.15) is 76.2 Å². The SMILES string of the molecule is CCCCCCCCCCCc1nc(-c2ccc(Cl)cc2Cl)c(C)[nH]1. The Balaban J connectivity index is 1.75. The first-order valence-electron chi connectivity index (χ1n) is 9.62. The van der Waals surface area contributed by atoms with E-state index in [0.717, 1.165) is 29.2 Å². The van der Waals surface area contributed by atoms with Gasteiger partial charge in [-0.05, 0) is 31.5 Å². The van der Waals surface area contributed by atoms with Gasteiger partial charge in [0.15, 0.2) is 0 Å². The monoisotopic (exact) mass is 380 g/mol. The van der Waals surface area contributed by atoms with E-state index in [0.29, 0.717) is 10.0 Å². The van der Waals surface area contributed by atoms with Crippen molar-refractivity contribution in [1.82, 2.24) is 9.97 Å². The molecule has 0 saturated carbocycles. The first-order valence-corrected chi connectivity index (χ1v) is 10.4. The summed E-state index contributed by atoms with van der Waals surface area (Å²) in [5, 5.41) is 1.30. The van der Waals surface area contributed by atoms with E-state index in [1.807, 2.05) is 19.1 Å². The minimum Gasteiger partial charge on any atom is -0.346 e. The van der Waals surface area contributed by atoms with Crippen LogP contribution in [0, 0.1) is 6.92 Å². The number of hydrogen-bond acceptors (Lipinski definition) is 1. The molecule has 0 bridgehead atoms. The van der Waals surface area contributed by atoms with E-state index in [-0.39, 0.29) is 0 Å². The number of benzene rings is 1. The van der Waals surface area contributed by atoms with Crippen molar-refractivity contribution in [2.45, 2.75) is 78.1 Å². The van der Waals surface area contributed by atoms with E-state index in [1.54, 1.807) is 6.07 Å². The standard InChI is InChI=1S/C21H30Cl2N2/c1-3-4-5-6-7-8-9-10-11-12-20-24-16(2)21(25-20)18-14-13-17(22)15-19(18)23/h13-15H,3-12H2,1-2H3,(H,24,25). The quantitative estimate of drug-likeness (QED) is 0.396. The van der Waals surface area contributed by atoms with Gasteiger partial charge in [0.25, 0.3) is 0 Å². The number of nitrogens with zero attached hydrogens (tertiary/aromatic N) is 1. The minimum atomic E-state index is 0.650. The number of rotatable bonds is 11. The Hall–Kier alpha value is -0.990. The van der Waals surface area contributed by atoms with Gasteiger partial charge in [0.2, 0.25) is 0 Å². The van der Waals surface area contributed by atoms with Gasteiger partial charge in [0.05, 0.1) is 10.7 Å². The van der Waals surface area contributed by atoms with Crippen LogP contribution in [-0.4, -0.2) is 9.97 Å². The predicted molar refractivity (Wildman–Crippen MR) is 110 cm³/mol. The third kappa shape index (κ3) is 6.67. The van der Waals surface area contributed by atoms with Gasteiger partial charge in [-0.3, -0.25) is 0 Å². The third-order valence-electron chi connectivity index (χ3n) is 4.64. The van der Waals surface area contributed by atoms with E-state index in [4.69, 9.17) is 28.2 Å². The van der Waals surface area contributed by atoms with Crippen molar-refractivity contribution in [3.8, 4) is 11.3 Å². The van der Waals surface area contributed by atoms with Gasteiger partial charge in [0, 0.05) is 22.7 Å². The van der Waals surface area contributed by atoms with E-state index >= 15 is 0 Å². The van der Waals surface area contributed by atoms with Gasteiger partial charge < -0.3 is 4.98 Å². The summed E-state index contributed by atoms with van der Waals surface area (Å²) in [6.07, 6.45) is 13.1. The summed E-state index contributed by atoms with van der Waals surface area (Å²) < 4.78 is 0. The Labute approximate surface area is 162 Å². The summed E-state index contributed by atoms with van der Waals surface area (Å²) in [5.74, 6) is 1.06. The van der Waals surface area contributed by atoms with Crippen LogP contribution in [0.4, 0.5) is 0 Å². The van der Waals surface area contributed by atoms with Crippen molar-refractivity contribution >= 4 is 23.2 Å². The highest BCUT2D eigenvalue weighted by Crippen LogP contribution is 2.31. The molecule has 0 aliphatic carbocycles. The summed E-state index contributed by atoms with van der Waals surface area (Å²) in [7, 11) is 0. The average molecular weight is 381 g/mol. The van der Waals surface area contributed by atoms with Gasteiger partial charge in [-0.2, -0.15) is 0 Å². The Morgan fingerprint density at radius 3 is 2.20 bits per heavy atom. The van der Waals surface area contributed by atoms with Gasteiger partial charge in [-0.1, -0.05) is 81.5 Å². The van der Waals surface area contributed by atoms with Crippen LogP contribution < -0.4 is 0 Å². The lowest BCUT2D eigenvalue weighted by molar-refractivity contribution is 0.562. The molecule has 1 aromatic carbocycles. The Kier molecular flexibility index (Phi) is 8.84. The summed E-state index contributed by atoms with van der Waals surface area (Å²) >= 11 is 12.3. The largest absolute Gasteiger partial charge is 0.346 e. The topological polar surface area (TPSA) is 28.7 Å². The number of nitrogens with one attached hydrogen (secondary N) is 1. The molecule has 0 radical (unpaired) electrons. The fourth-order valence-electron chi connectivity index (χ4n) is 3.19. The molecule has 4 heteroatoms. The molecular formula is C21H30Cl2N2. The minimum absolute atomic E-state index is 0.650. The number of halogens is 2. The molecule has 0 amide bonds. The molecule has 1 aromatic heterocycles. The van der Waals surface area contributed by atoms with E-state index in [2.05, 4.69) is 11.9 Å². The number of H-pyrrole nitrogens is 1. The highest BCUT2D eigenvalue weighted by molar-refractivity contribution is 6.36. The maximum Gasteiger partial charge on any atom is 0.106 e. The molecule has 1 N–H and O–H groups in total. The smallest absolute Gasteiger partial charge is 0.106 e. The van der Waals surface area contributed by atoms with Gasteiger partial charge in [0.1, 0.15) is 5.82 Å². The molecule has 25 heavy (non-hydrogen) atoms. The van der Waals surface area contributed by atoms with E-state index in [9.17, 15) is 0 Å². The molecular weight excluding hydrogens is 351 g/mol. The number of hydrogen-bond donors (Lipinski definition) is 1. The van der Waals surface area contributed by atoms with Crippen molar-refractivity contribution in [2.24, 2.45) is 0 Å². The molecule has 0 fully saturated rings. The summed E-state index contributed by atoms with van der Waals surface area (Å²) in [6, 6.07) is 5.57. The van der Waals surface area contributed by atoms with Gasteiger partial charge in [-0.15, -0.1) is 0 Å². The summed E-state index contributed by atoms with van der Waals surface area (Å²) in [4.78, 5) is 8.16. The zero-order valence-electron chi connectivity index (χ0n) is 15.5. The van der Waals surface area contributed by atoms with Crippen LogP contribution in [0.25, 0.3) is 11.3 Å². The normalized spacial score (nSPS) is 11.2. The number of aryl methyl sites for hydroxylation is 2. The molecule has 0 unspecified atom stereocenters.